The van der Waals surface area contributed by atoms with E-state index in [1.54, 1.807) is 32.0 Å². The Labute approximate surface area is 245 Å². The van der Waals surface area contributed by atoms with Crippen molar-refractivity contribution in [2.24, 2.45) is 34.8 Å². The summed E-state index contributed by atoms with van der Waals surface area (Å²) < 4.78 is 1.04. The minimum Gasteiger partial charge on any atom is -0.480 e. The number of aliphatic hydroxyl groups is 1. The molecule has 10 N–H and O–H groups in total. The lowest BCUT2D eigenvalue weighted by Gasteiger charge is -2.31. The maximum absolute atomic E-state index is 13.9. The highest BCUT2D eigenvalue weighted by Crippen LogP contribution is 2.31. The Morgan fingerprint density at radius 3 is 1.93 bits per heavy atom. The van der Waals surface area contributed by atoms with E-state index in [0.29, 0.717) is 10.3 Å². The second kappa shape index (κ2) is 14.1. The quantitative estimate of drug-likeness (QED) is 0.173. The molecule has 0 radical (unpaired) electrons. The fraction of sp³-hybridized carbons (Fsp3) is 0.552. The summed E-state index contributed by atoms with van der Waals surface area (Å²) in [6.45, 7) is 9.68. The number of carboxylic acid groups (broad SMARTS) is 1. The van der Waals surface area contributed by atoms with Gasteiger partial charge in [-0.05, 0) is 43.7 Å². The van der Waals surface area contributed by atoms with Crippen molar-refractivity contribution in [2.45, 2.75) is 90.7 Å². The first-order valence-electron chi connectivity index (χ1n) is 13.9. The molecule has 0 aliphatic carbocycles. The van der Waals surface area contributed by atoms with Gasteiger partial charge in [0.05, 0.1) is 35.4 Å². The van der Waals surface area contributed by atoms with Gasteiger partial charge >= 0.3 is 5.97 Å². The number of Topliss-reactive ketones (excluding diaryl/α,β-unsaturated/α-hetero) is 1. The van der Waals surface area contributed by atoms with Crippen molar-refractivity contribution < 1.29 is 34.2 Å². The molecular weight excluding hydrogens is 544 g/mol. The first kappa shape index (κ1) is 34.7. The summed E-state index contributed by atoms with van der Waals surface area (Å²) in [5.41, 5.74) is 24.2. The average molecular weight is 589 g/mol. The Balaban J connectivity index is 2.93. The van der Waals surface area contributed by atoms with Crippen LogP contribution in [0, 0.1) is 11.8 Å². The highest BCUT2D eigenvalue weighted by Gasteiger charge is 2.41. The standard InChI is InChI=1S/C29H44N6O7/c1-13(2)11-19(31)27(39)35(26(38)15(5)30)21(29(41)42)12-18-17-9-7-8-10-20(17)34(28(40)23(33)16(6)36)24(18)25(37)22(32)14(3)4/h7-10,13-16,19,21-23,36H,11-12,30-33H2,1-6H3,(H,41,42). The van der Waals surface area contributed by atoms with Gasteiger partial charge in [-0.3, -0.25) is 28.6 Å². The van der Waals surface area contributed by atoms with Crippen LogP contribution in [0.15, 0.2) is 24.3 Å². The highest BCUT2D eigenvalue weighted by molar-refractivity contribution is 6.11. The van der Waals surface area contributed by atoms with Crippen LogP contribution in [0.4, 0.5) is 0 Å². The van der Waals surface area contributed by atoms with Crippen LogP contribution in [0.1, 0.15) is 68.8 Å². The van der Waals surface area contributed by atoms with E-state index in [-0.39, 0.29) is 35.0 Å². The van der Waals surface area contributed by atoms with E-state index in [9.17, 15) is 34.2 Å². The Hall–Kier alpha value is -3.49. The number of rotatable bonds is 13. The molecule has 6 unspecified atom stereocenters. The molecule has 0 saturated heterocycles. The van der Waals surface area contributed by atoms with Crippen LogP contribution in [0.5, 0.6) is 0 Å². The first-order chi connectivity index (χ1) is 19.4. The number of imide groups is 1. The predicted octanol–water partition coefficient (Wildman–Crippen LogP) is 0.227. The van der Waals surface area contributed by atoms with E-state index in [1.807, 2.05) is 13.8 Å². The minimum atomic E-state index is -1.84. The smallest absolute Gasteiger partial charge is 0.327 e. The van der Waals surface area contributed by atoms with Crippen LogP contribution in [0.2, 0.25) is 0 Å². The number of carboxylic acids is 1. The number of hydrogen-bond donors (Lipinski definition) is 6. The van der Waals surface area contributed by atoms with E-state index < -0.39 is 72.2 Å². The normalized spacial score (nSPS) is 16.1. The Kier molecular flexibility index (Phi) is 11.7. The predicted molar refractivity (Wildman–Crippen MR) is 157 cm³/mol. The molecule has 2 aromatic rings. The van der Waals surface area contributed by atoms with Gasteiger partial charge in [0, 0.05) is 11.8 Å². The average Bonchev–Trinajstić information content (AvgIpc) is 3.23. The van der Waals surface area contributed by atoms with Gasteiger partial charge in [0.25, 0.3) is 5.91 Å². The van der Waals surface area contributed by atoms with Crippen molar-refractivity contribution in [1.29, 1.82) is 0 Å². The number of amides is 2. The maximum atomic E-state index is 13.9. The van der Waals surface area contributed by atoms with Gasteiger partial charge < -0.3 is 33.1 Å². The lowest BCUT2D eigenvalue weighted by atomic mass is 9.93. The zero-order chi connectivity index (χ0) is 32.2. The Morgan fingerprint density at radius 2 is 1.45 bits per heavy atom. The molecule has 0 fully saturated rings. The molecule has 0 saturated carbocycles. The SMILES string of the molecule is CC(C)CC(N)C(=O)N(C(=O)C(C)N)C(Cc1c(C(=O)C(N)C(C)C)n(C(=O)C(N)C(C)O)c2ccccc12)C(=O)O. The number of benzene rings is 1. The number of aliphatic hydroxyl groups excluding tert-OH is 1. The van der Waals surface area contributed by atoms with Crippen molar-refractivity contribution in [3.8, 4) is 0 Å². The largest absolute Gasteiger partial charge is 0.480 e. The number of nitrogens with zero attached hydrogens (tertiary/aromatic N) is 2. The molecule has 1 heterocycles. The van der Waals surface area contributed by atoms with Gasteiger partial charge in [-0.2, -0.15) is 0 Å². The summed E-state index contributed by atoms with van der Waals surface area (Å²) in [7, 11) is 0. The number of hydrogen-bond acceptors (Lipinski definition) is 10. The van der Waals surface area contributed by atoms with Crippen molar-refractivity contribution in [3.63, 3.8) is 0 Å². The van der Waals surface area contributed by atoms with Gasteiger partial charge in [0.1, 0.15) is 12.1 Å². The first-order valence-corrected chi connectivity index (χ1v) is 13.9. The molecule has 13 nitrogen and oxygen atoms in total. The van der Waals surface area contributed by atoms with Crippen molar-refractivity contribution in [3.05, 3.63) is 35.5 Å². The summed E-state index contributed by atoms with van der Waals surface area (Å²) in [5, 5.41) is 20.8. The minimum absolute atomic E-state index is 0.0386. The summed E-state index contributed by atoms with van der Waals surface area (Å²) >= 11 is 0. The Bertz CT molecular complexity index is 1330. The monoisotopic (exact) mass is 588 g/mol. The van der Waals surface area contributed by atoms with E-state index in [2.05, 4.69) is 0 Å². The lowest BCUT2D eigenvalue weighted by molar-refractivity contribution is -0.159. The second-order valence-corrected chi connectivity index (χ2v) is 11.5. The number of carbonyl (C=O) groups is 5. The number of fused-ring (bicyclic) bond motifs is 1. The Morgan fingerprint density at radius 1 is 0.881 bits per heavy atom. The third-order valence-corrected chi connectivity index (χ3v) is 7.16. The van der Waals surface area contributed by atoms with Crippen molar-refractivity contribution >= 4 is 40.4 Å². The topological polar surface area (TPSA) is 238 Å². The molecule has 0 aliphatic heterocycles. The number of ketones is 1. The summed E-state index contributed by atoms with van der Waals surface area (Å²) in [6.07, 6.45) is -1.67. The van der Waals surface area contributed by atoms with E-state index >= 15 is 0 Å². The zero-order valence-electron chi connectivity index (χ0n) is 25.0. The lowest BCUT2D eigenvalue weighted by Crippen LogP contribution is -2.58. The summed E-state index contributed by atoms with van der Waals surface area (Å²) in [4.78, 5) is 67.5. The molecule has 2 rings (SSSR count). The molecule has 232 valence electrons. The van der Waals surface area contributed by atoms with Gasteiger partial charge in [0.2, 0.25) is 11.8 Å². The molecule has 42 heavy (non-hydrogen) atoms. The van der Waals surface area contributed by atoms with Crippen LogP contribution in [-0.2, 0) is 20.8 Å². The van der Waals surface area contributed by atoms with Crippen molar-refractivity contribution in [2.75, 3.05) is 0 Å². The van der Waals surface area contributed by atoms with Gasteiger partial charge in [-0.1, -0.05) is 45.9 Å². The van der Waals surface area contributed by atoms with Crippen LogP contribution in [0.25, 0.3) is 10.9 Å². The van der Waals surface area contributed by atoms with E-state index in [4.69, 9.17) is 22.9 Å². The molecule has 6 atom stereocenters. The van der Waals surface area contributed by atoms with Gasteiger partial charge in [0.15, 0.2) is 5.78 Å². The number of para-hydroxylation sites is 1. The molecule has 1 aromatic heterocycles. The molecular formula is C29H44N6O7. The van der Waals surface area contributed by atoms with Crippen LogP contribution >= 0.6 is 0 Å². The third-order valence-electron chi connectivity index (χ3n) is 7.16. The van der Waals surface area contributed by atoms with Gasteiger partial charge in [-0.15, -0.1) is 0 Å². The van der Waals surface area contributed by atoms with E-state index in [1.165, 1.54) is 19.9 Å². The summed E-state index contributed by atoms with van der Waals surface area (Å²) in [5.74, 6) is -5.36. The zero-order valence-corrected chi connectivity index (χ0v) is 25.0. The fourth-order valence-electron chi connectivity index (χ4n) is 4.72. The third kappa shape index (κ3) is 7.28. The molecule has 2 amide bonds. The molecule has 0 bridgehead atoms. The maximum Gasteiger partial charge on any atom is 0.327 e. The second-order valence-electron chi connectivity index (χ2n) is 11.5. The van der Waals surface area contributed by atoms with Crippen molar-refractivity contribution in [1.82, 2.24) is 9.47 Å². The van der Waals surface area contributed by atoms with Crippen LogP contribution in [-0.4, -0.2) is 85.5 Å². The molecule has 0 spiro atoms. The summed E-state index contributed by atoms with van der Waals surface area (Å²) in [6, 6.07) is -0.481. The van der Waals surface area contributed by atoms with Crippen LogP contribution in [0.3, 0.4) is 0 Å². The molecule has 1 aromatic carbocycles. The van der Waals surface area contributed by atoms with Crippen LogP contribution < -0.4 is 22.9 Å². The fourth-order valence-corrected chi connectivity index (χ4v) is 4.72. The van der Waals surface area contributed by atoms with E-state index in [0.717, 1.165) is 4.57 Å². The highest BCUT2D eigenvalue weighted by atomic mass is 16.4. The number of carbonyl (C=O) groups excluding carboxylic acids is 4. The van der Waals surface area contributed by atoms with Gasteiger partial charge in [-0.25, -0.2) is 4.79 Å². The molecule has 0 aliphatic rings. The number of aliphatic carboxylic acids is 1. The number of aromatic nitrogens is 1. The molecule has 13 heteroatoms. The number of nitrogens with two attached hydrogens (primary N) is 4.